The molecule has 5 N–H and O–H groups in total. The van der Waals surface area contributed by atoms with E-state index < -0.39 is 64.4 Å². The summed E-state index contributed by atoms with van der Waals surface area (Å²) in [6, 6.07) is 17.9. The molecule has 4 aromatic rings. The van der Waals surface area contributed by atoms with Crippen LogP contribution in [0.4, 0.5) is 20.5 Å². The van der Waals surface area contributed by atoms with Gasteiger partial charge in [0.25, 0.3) is 5.54 Å². The summed E-state index contributed by atoms with van der Waals surface area (Å²) in [7, 11) is 0. The number of amides is 5. The molecule has 3 heterocycles. The van der Waals surface area contributed by atoms with Crippen molar-refractivity contribution in [1.29, 1.82) is 0 Å². The third kappa shape index (κ3) is 12.9. The fraction of sp³-hybridized carbons (Fsp3) is 0.381. The van der Waals surface area contributed by atoms with Gasteiger partial charge in [-0.2, -0.15) is 4.74 Å². The highest BCUT2D eigenvalue weighted by Crippen LogP contribution is 2.30. The number of carbonyl (C=O) groups is 5. The van der Waals surface area contributed by atoms with Crippen molar-refractivity contribution in [3.8, 4) is 11.5 Å². The Kier molecular flexibility index (Phi) is 14.2. The van der Waals surface area contributed by atoms with Gasteiger partial charge in [0.05, 0.1) is 12.2 Å². The maximum Gasteiger partial charge on any atom is 0.413 e. The van der Waals surface area contributed by atoms with Crippen molar-refractivity contribution in [2.45, 2.75) is 97.4 Å². The Morgan fingerprint density at radius 3 is 2.00 bits per heavy atom. The van der Waals surface area contributed by atoms with Crippen LogP contribution < -0.4 is 36.1 Å². The lowest BCUT2D eigenvalue weighted by Crippen LogP contribution is -2.72. The number of β-lactam (4-membered cyclic amide) rings is 1. The average molecular weight is 859 g/mol. The molecule has 18 nitrogen and oxygen atoms in total. The highest BCUT2D eigenvalue weighted by Gasteiger charge is 2.47. The van der Waals surface area contributed by atoms with Gasteiger partial charge in [-0.25, -0.2) is 24.4 Å². The number of anilines is 2. The van der Waals surface area contributed by atoms with E-state index in [2.05, 4.69) is 36.6 Å². The summed E-state index contributed by atoms with van der Waals surface area (Å²) in [5.41, 5.74) is -2.74. The summed E-state index contributed by atoms with van der Waals surface area (Å²) < 4.78 is 23.0. The number of esters is 1. The van der Waals surface area contributed by atoms with E-state index in [1.165, 1.54) is 31.5 Å². The SMILES string of the molecule is CC(C)(C)OC(=O)Nc1nc(/C(C(=O)NC2C(=O)N[C@@H]2CNC(=O)Nc2cc(OCc3ccccc3)c(OCc3ccccc3)cn2)=[N+](\[O-])C(C)(C)C(=O)OC(C)(C)C)cs1. The minimum Gasteiger partial charge on any atom is -0.622 e. The lowest BCUT2D eigenvalue weighted by Gasteiger charge is -2.37. The van der Waals surface area contributed by atoms with E-state index in [-0.39, 0.29) is 41.1 Å². The molecule has 61 heavy (non-hydrogen) atoms. The van der Waals surface area contributed by atoms with Crippen molar-refractivity contribution < 1.29 is 47.7 Å². The van der Waals surface area contributed by atoms with Crippen LogP contribution in [0.1, 0.15) is 72.2 Å². The average Bonchev–Trinajstić information content (AvgIpc) is 3.63. The molecule has 19 heteroatoms. The zero-order chi connectivity index (χ0) is 44.5. The zero-order valence-electron chi connectivity index (χ0n) is 35.1. The van der Waals surface area contributed by atoms with Gasteiger partial charge in [0.1, 0.15) is 36.3 Å². The molecule has 0 bridgehead atoms. The highest BCUT2D eigenvalue weighted by atomic mass is 32.1. The molecule has 5 amide bonds. The second-order valence-electron chi connectivity index (χ2n) is 16.3. The van der Waals surface area contributed by atoms with E-state index in [0.29, 0.717) is 11.5 Å². The van der Waals surface area contributed by atoms with Gasteiger partial charge >= 0.3 is 29.7 Å². The normalized spacial score (nSPS) is 15.5. The second kappa shape index (κ2) is 19.1. The van der Waals surface area contributed by atoms with E-state index in [9.17, 15) is 29.2 Å². The van der Waals surface area contributed by atoms with Crippen LogP contribution in [0.3, 0.4) is 0 Å². The molecule has 1 aliphatic heterocycles. The van der Waals surface area contributed by atoms with Crippen LogP contribution >= 0.6 is 11.3 Å². The fourth-order valence-corrected chi connectivity index (χ4v) is 6.12. The summed E-state index contributed by atoms with van der Waals surface area (Å²) in [4.78, 5) is 74.0. The van der Waals surface area contributed by atoms with Crippen LogP contribution in [0.5, 0.6) is 11.5 Å². The molecule has 5 rings (SSSR count). The minimum absolute atomic E-state index is 0.00813. The number of hydrogen-bond donors (Lipinski definition) is 5. The highest BCUT2D eigenvalue weighted by molar-refractivity contribution is 7.14. The predicted octanol–water partition coefficient (Wildman–Crippen LogP) is 5.27. The van der Waals surface area contributed by atoms with Crippen molar-refractivity contribution >= 4 is 57.9 Å². The Balaban J connectivity index is 1.28. The zero-order valence-corrected chi connectivity index (χ0v) is 35.9. The molecule has 0 saturated carbocycles. The van der Waals surface area contributed by atoms with Gasteiger partial charge in [-0.05, 0) is 52.7 Å². The molecule has 1 fully saturated rings. The van der Waals surface area contributed by atoms with Crippen molar-refractivity contribution in [1.82, 2.24) is 25.9 Å². The number of carbonyl (C=O) groups excluding carboxylic acids is 5. The monoisotopic (exact) mass is 858 g/mol. The van der Waals surface area contributed by atoms with Crippen molar-refractivity contribution in [2.24, 2.45) is 0 Å². The quantitative estimate of drug-likeness (QED) is 0.0257. The first-order chi connectivity index (χ1) is 28.7. The second-order valence-corrected chi connectivity index (χ2v) is 17.2. The third-order valence-corrected chi connectivity index (χ3v) is 9.27. The molecule has 2 aromatic carbocycles. The Bertz CT molecular complexity index is 2250. The minimum atomic E-state index is -1.96. The Morgan fingerprint density at radius 2 is 1.43 bits per heavy atom. The van der Waals surface area contributed by atoms with Crippen LogP contribution in [-0.4, -0.2) is 85.7 Å². The first-order valence-corrected chi connectivity index (χ1v) is 20.1. The van der Waals surface area contributed by atoms with Crippen LogP contribution in [0.2, 0.25) is 0 Å². The summed E-state index contributed by atoms with van der Waals surface area (Å²) in [6.45, 7) is 12.8. The number of hydrogen-bond acceptors (Lipinski definition) is 13. The summed E-state index contributed by atoms with van der Waals surface area (Å²) >= 11 is 0.893. The van der Waals surface area contributed by atoms with E-state index >= 15 is 0 Å². The molecule has 0 aliphatic carbocycles. The largest absolute Gasteiger partial charge is 0.622 e. The summed E-state index contributed by atoms with van der Waals surface area (Å²) in [6.07, 6.45) is 0.614. The van der Waals surface area contributed by atoms with E-state index in [0.717, 1.165) is 22.5 Å². The van der Waals surface area contributed by atoms with Gasteiger partial charge in [-0.15, -0.1) is 11.3 Å². The Morgan fingerprint density at radius 1 is 0.836 bits per heavy atom. The van der Waals surface area contributed by atoms with Gasteiger partial charge in [0, 0.05) is 31.8 Å². The molecular formula is C42H50N8O10S. The van der Waals surface area contributed by atoms with E-state index in [4.69, 9.17) is 18.9 Å². The van der Waals surface area contributed by atoms with Gasteiger partial charge in [0.2, 0.25) is 5.91 Å². The van der Waals surface area contributed by atoms with Crippen LogP contribution in [0.15, 0.2) is 78.3 Å². The smallest absolute Gasteiger partial charge is 0.413 e. The van der Waals surface area contributed by atoms with Crippen LogP contribution in [0.25, 0.3) is 0 Å². The number of pyridine rings is 1. The number of aromatic nitrogens is 2. The van der Waals surface area contributed by atoms with E-state index in [1.807, 2.05) is 60.7 Å². The van der Waals surface area contributed by atoms with Crippen molar-refractivity contribution in [3.63, 3.8) is 0 Å². The van der Waals surface area contributed by atoms with Crippen LogP contribution in [-0.2, 0) is 37.1 Å². The lowest BCUT2D eigenvalue weighted by molar-refractivity contribution is -0.525. The van der Waals surface area contributed by atoms with Gasteiger partial charge < -0.3 is 40.1 Å². The molecular weight excluding hydrogens is 809 g/mol. The first-order valence-electron chi connectivity index (χ1n) is 19.2. The van der Waals surface area contributed by atoms with Gasteiger partial charge in [-0.3, -0.25) is 20.2 Å². The number of nitrogens with zero attached hydrogens (tertiary/aromatic N) is 3. The molecule has 2 aromatic heterocycles. The number of rotatable bonds is 15. The molecule has 1 saturated heterocycles. The number of hydroxylamine groups is 1. The molecule has 0 radical (unpaired) electrons. The number of urea groups is 1. The Labute approximate surface area is 357 Å². The number of nitrogens with one attached hydrogen (secondary N) is 5. The lowest BCUT2D eigenvalue weighted by atomic mass is 9.98. The van der Waals surface area contributed by atoms with Gasteiger partial charge in [0.15, 0.2) is 22.3 Å². The van der Waals surface area contributed by atoms with Crippen molar-refractivity contribution in [3.05, 3.63) is 100 Å². The Hall–Kier alpha value is -6.76. The maximum absolute atomic E-state index is 14.0. The number of ether oxygens (including phenoxy) is 4. The van der Waals surface area contributed by atoms with Crippen molar-refractivity contribution in [2.75, 3.05) is 17.2 Å². The molecule has 1 unspecified atom stereocenters. The number of thiazole rings is 1. The standard InChI is InChI=1S/C42H50N8O10S/c1-40(2,3)59-36(53)42(7,8)50(56)33(28-24-61-38(46-28)49-39(55)60-41(4,5)6)35(52)48-32-27(45-34(32)51)20-44-37(54)47-31-19-29(57-22-25-15-11-9-12-16-25)30(21-43-31)58-23-26-17-13-10-14-18-26/h9-19,21,24,27,32H,20,22-23H2,1-8H3,(H,45,51)(H,48,52)(H,46,49,55)(H2,43,44,47,54)/b50-33+/t27-,32?/m1/s1. The summed E-state index contributed by atoms with van der Waals surface area (Å²) in [5.74, 6) is -1.76. The molecule has 1 aliphatic rings. The molecule has 324 valence electrons. The summed E-state index contributed by atoms with van der Waals surface area (Å²) in [5, 5.41) is 28.3. The molecule has 0 spiro atoms. The predicted molar refractivity (Wildman–Crippen MR) is 226 cm³/mol. The van der Waals surface area contributed by atoms with Crippen LogP contribution in [0, 0.1) is 5.21 Å². The fourth-order valence-electron chi connectivity index (χ4n) is 5.44. The third-order valence-electron chi connectivity index (χ3n) is 8.51. The first kappa shape index (κ1) is 45.3. The maximum atomic E-state index is 14.0. The van der Waals surface area contributed by atoms with E-state index in [1.54, 1.807) is 41.5 Å². The van der Waals surface area contributed by atoms with Gasteiger partial charge in [-0.1, -0.05) is 60.7 Å². The number of benzene rings is 2. The molecule has 2 atom stereocenters. The topological polar surface area (TPSA) is 234 Å².